The van der Waals surface area contributed by atoms with E-state index in [-0.39, 0.29) is 11.5 Å². The molecule has 0 saturated heterocycles. The SMILES string of the molecule is C[C@H](O)c1ccc(N(C)CC(C)(C)C)cc1. The number of anilines is 1. The van der Waals surface area contributed by atoms with Gasteiger partial charge < -0.3 is 10.0 Å². The molecule has 16 heavy (non-hydrogen) atoms. The first kappa shape index (κ1) is 13.0. The number of aliphatic hydroxyl groups is 1. The van der Waals surface area contributed by atoms with Crippen LogP contribution in [-0.2, 0) is 0 Å². The van der Waals surface area contributed by atoms with Crippen LogP contribution < -0.4 is 4.90 Å². The van der Waals surface area contributed by atoms with Crippen LogP contribution in [0.25, 0.3) is 0 Å². The second-order valence-electron chi connectivity index (χ2n) is 5.68. The van der Waals surface area contributed by atoms with Gasteiger partial charge in [-0.25, -0.2) is 0 Å². The smallest absolute Gasteiger partial charge is 0.0761 e. The van der Waals surface area contributed by atoms with Crippen LogP contribution in [0.1, 0.15) is 39.4 Å². The van der Waals surface area contributed by atoms with E-state index in [1.807, 2.05) is 12.1 Å². The lowest BCUT2D eigenvalue weighted by atomic mass is 9.96. The van der Waals surface area contributed by atoms with Crippen molar-refractivity contribution in [2.45, 2.75) is 33.8 Å². The van der Waals surface area contributed by atoms with Crippen LogP contribution in [0.15, 0.2) is 24.3 Å². The Balaban J connectivity index is 2.74. The van der Waals surface area contributed by atoms with E-state index < -0.39 is 0 Å². The van der Waals surface area contributed by atoms with E-state index in [0.29, 0.717) is 0 Å². The summed E-state index contributed by atoms with van der Waals surface area (Å²) in [5.74, 6) is 0. The van der Waals surface area contributed by atoms with Gasteiger partial charge in [-0.2, -0.15) is 0 Å². The minimum Gasteiger partial charge on any atom is -0.389 e. The molecule has 2 heteroatoms. The highest BCUT2D eigenvalue weighted by Gasteiger charge is 2.13. The number of hydrogen-bond acceptors (Lipinski definition) is 2. The first-order valence-corrected chi connectivity index (χ1v) is 5.79. The molecular formula is C14H23NO. The van der Waals surface area contributed by atoms with Crippen LogP contribution >= 0.6 is 0 Å². The largest absolute Gasteiger partial charge is 0.389 e. The van der Waals surface area contributed by atoms with Gasteiger partial charge >= 0.3 is 0 Å². The van der Waals surface area contributed by atoms with Crippen LogP contribution in [0.5, 0.6) is 0 Å². The van der Waals surface area contributed by atoms with E-state index in [0.717, 1.165) is 12.1 Å². The Hall–Kier alpha value is -1.02. The minimum absolute atomic E-state index is 0.289. The van der Waals surface area contributed by atoms with Crippen LogP contribution in [0.4, 0.5) is 5.69 Å². The number of aliphatic hydroxyl groups excluding tert-OH is 1. The summed E-state index contributed by atoms with van der Waals surface area (Å²) in [5, 5.41) is 9.43. The summed E-state index contributed by atoms with van der Waals surface area (Å²) in [6.45, 7) is 9.49. The van der Waals surface area contributed by atoms with Gasteiger partial charge in [0.1, 0.15) is 0 Å². The molecular weight excluding hydrogens is 198 g/mol. The zero-order valence-corrected chi connectivity index (χ0v) is 11.0. The van der Waals surface area contributed by atoms with Crippen LogP contribution in [0.3, 0.4) is 0 Å². The standard InChI is InChI=1S/C14H23NO/c1-11(16)12-6-8-13(9-7-12)15(5)10-14(2,3)4/h6-9,11,16H,10H2,1-5H3/t11-/m0/s1. The van der Waals surface area contributed by atoms with Gasteiger partial charge in [-0.1, -0.05) is 32.9 Å². The highest BCUT2D eigenvalue weighted by atomic mass is 16.3. The molecule has 1 N–H and O–H groups in total. The van der Waals surface area contributed by atoms with Gasteiger partial charge in [-0.15, -0.1) is 0 Å². The molecule has 0 fully saturated rings. The maximum Gasteiger partial charge on any atom is 0.0761 e. The fourth-order valence-electron chi connectivity index (χ4n) is 1.81. The zero-order chi connectivity index (χ0) is 12.3. The Kier molecular flexibility index (Phi) is 3.98. The zero-order valence-electron chi connectivity index (χ0n) is 11.0. The molecule has 0 radical (unpaired) electrons. The predicted octanol–water partition coefficient (Wildman–Crippen LogP) is 3.22. The van der Waals surface area contributed by atoms with Crippen molar-refractivity contribution in [3.8, 4) is 0 Å². The summed E-state index contributed by atoms with van der Waals surface area (Å²) in [4.78, 5) is 2.24. The van der Waals surface area contributed by atoms with Crippen molar-refractivity contribution in [1.29, 1.82) is 0 Å². The molecule has 0 aliphatic carbocycles. The topological polar surface area (TPSA) is 23.5 Å². The summed E-state index contributed by atoms with van der Waals surface area (Å²) >= 11 is 0. The Morgan fingerprint density at radius 1 is 1.19 bits per heavy atom. The average molecular weight is 221 g/mol. The van der Waals surface area contributed by atoms with Crippen molar-refractivity contribution in [1.82, 2.24) is 0 Å². The van der Waals surface area contributed by atoms with Crippen molar-refractivity contribution in [2.75, 3.05) is 18.5 Å². The molecule has 2 nitrogen and oxygen atoms in total. The fraction of sp³-hybridized carbons (Fsp3) is 0.571. The van der Waals surface area contributed by atoms with E-state index in [4.69, 9.17) is 0 Å². The third-order valence-corrected chi connectivity index (χ3v) is 2.53. The molecule has 0 heterocycles. The van der Waals surface area contributed by atoms with Crippen molar-refractivity contribution in [3.05, 3.63) is 29.8 Å². The van der Waals surface area contributed by atoms with E-state index in [1.165, 1.54) is 5.69 Å². The van der Waals surface area contributed by atoms with E-state index in [9.17, 15) is 5.11 Å². The van der Waals surface area contributed by atoms with Gasteiger partial charge in [-0.05, 0) is 30.0 Å². The Bertz CT molecular complexity index is 322. The fourth-order valence-corrected chi connectivity index (χ4v) is 1.81. The monoisotopic (exact) mass is 221 g/mol. The van der Waals surface area contributed by atoms with E-state index in [2.05, 4.69) is 44.9 Å². The van der Waals surface area contributed by atoms with Crippen LogP contribution in [0, 0.1) is 5.41 Å². The minimum atomic E-state index is -0.387. The van der Waals surface area contributed by atoms with Gasteiger partial charge in [-0.3, -0.25) is 0 Å². The molecule has 0 aliphatic rings. The second kappa shape index (κ2) is 4.88. The molecule has 0 bridgehead atoms. The summed E-state index contributed by atoms with van der Waals surface area (Å²) in [6.07, 6.45) is -0.387. The number of hydrogen-bond donors (Lipinski definition) is 1. The first-order valence-electron chi connectivity index (χ1n) is 5.79. The van der Waals surface area contributed by atoms with Crippen molar-refractivity contribution in [2.24, 2.45) is 5.41 Å². The second-order valence-corrected chi connectivity index (χ2v) is 5.68. The molecule has 1 aromatic carbocycles. The van der Waals surface area contributed by atoms with E-state index >= 15 is 0 Å². The molecule has 0 amide bonds. The number of rotatable bonds is 3. The van der Waals surface area contributed by atoms with Crippen molar-refractivity contribution in [3.63, 3.8) is 0 Å². The lowest BCUT2D eigenvalue weighted by molar-refractivity contribution is 0.199. The maximum atomic E-state index is 9.43. The van der Waals surface area contributed by atoms with Gasteiger partial charge in [0.25, 0.3) is 0 Å². The summed E-state index contributed by atoms with van der Waals surface area (Å²) in [6, 6.07) is 8.10. The Morgan fingerprint density at radius 3 is 2.06 bits per heavy atom. The van der Waals surface area contributed by atoms with E-state index in [1.54, 1.807) is 6.92 Å². The number of nitrogens with zero attached hydrogens (tertiary/aromatic N) is 1. The quantitative estimate of drug-likeness (QED) is 0.847. The normalized spacial score (nSPS) is 13.6. The lowest BCUT2D eigenvalue weighted by Crippen LogP contribution is -2.28. The molecule has 0 spiro atoms. The summed E-state index contributed by atoms with van der Waals surface area (Å²) in [5.41, 5.74) is 2.45. The lowest BCUT2D eigenvalue weighted by Gasteiger charge is -2.28. The third-order valence-electron chi connectivity index (χ3n) is 2.53. The van der Waals surface area contributed by atoms with Gasteiger partial charge in [0, 0.05) is 19.3 Å². The molecule has 0 unspecified atom stereocenters. The molecule has 90 valence electrons. The van der Waals surface area contributed by atoms with Gasteiger partial charge in [0.05, 0.1) is 6.10 Å². The van der Waals surface area contributed by atoms with Crippen molar-refractivity contribution < 1.29 is 5.11 Å². The number of benzene rings is 1. The predicted molar refractivity (Wildman–Crippen MR) is 69.8 cm³/mol. The highest BCUT2D eigenvalue weighted by molar-refractivity contribution is 5.47. The van der Waals surface area contributed by atoms with Crippen LogP contribution in [-0.4, -0.2) is 18.7 Å². The van der Waals surface area contributed by atoms with Gasteiger partial charge in [0.15, 0.2) is 0 Å². The molecule has 1 atom stereocenters. The van der Waals surface area contributed by atoms with Crippen molar-refractivity contribution >= 4 is 5.69 Å². The molecule has 1 aromatic rings. The average Bonchev–Trinajstić information content (AvgIpc) is 2.15. The third kappa shape index (κ3) is 3.86. The summed E-state index contributed by atoms with van der Waals surface area (Å²) < 4.78 is 0. The summed E-state index contributed by atoms with van der Waals surface area (Å²) in [7, 11) is 2.10. The molecule has 0 saturated carbocycles. The Morgan fingerprint density at radius 2 is 1.69 bits per heavy atom. The Labute approximate surface area is 98.9 Å². The molecule has 1 rings (SSSR count). The maximum absolute atomic E-state index is 9.43. The molecule has 0 aliphatic heterocycles. The first-order chi connectivity index (χ1) is 7.29. The van der Waals surface area contributed by atoms with Crippen LogP contribution in [0.2, 0.25) is 0 Å². The highest BCUT2D eigenvalue weighted by Crippen LogP contribution is 2.22. The molecule has 0 aromatic heterocycles. The van der Waals surface area contributed by atoms with Gasteiger partial charge in [0.2, 0.25) is 0 Å².